The van der Waals surface area contributed by atoms with Crippen LogP contribution in [-0.2, 0) is 13.0 Å². The van der Waals surface area contributed by atoms with Crippen molar-refractivity contribution in [3.05, 3.63) is 83.3 Å². The van der Waals surface area contributed by atoms with Crippen molar-refractivity contribution in [2.24, 2.45) is 0 Å². The number of amides is 1. The van der Waals surface area contributed by atoms with Gasteiger partial charge in [-0.3, -0.25) is 9.59 Å². The fraction of sp³-hybridized carbons (Fsp3) is 0.182. The van der Waals surface area contributed by atoms with E-state index in [9.17, 15) is 9.59 Å². The van der Waals surface area contributed by atoms with Gasteiger partial charge in [-0.1, -0.05) is 19.1 Å². The summed E-state index contributed by atoms with van der Waals surface area (Å²) in [4.78, 5) is 23.6. The number of Topliss-reactive ketones (excluding diaryl/α,β-unsaturated/α-hetero) is 1. The molecule has 5 heteroatoms. The van der Waals surface area contributed by atoms with E-state index >= 15 is 0 Å². The lowest BCUT2D eigenvalue weighted by Crippen LogP contribution is -2.11. The first-order valence-corrected chi connectivity index (χ1v) is 8.78. The topological polar surface area (TPSA) is 68.5 Å². The standard InChI is InChI=1S/C22H21NO4/c1-3-16-4-10-19(11-5-16)26-14-20-12-13-21(27-20)22(25)23-18-8-6-17(7-9-18)15(2)24/h4-13H,3,14H2,1-2H3,(H,23,25). The minimum atomic E-state index is -0.357. The van der Waals surface area contributed by atoms with Gasteiger partial charge >= 0.3 is 0 Å². The normalized spacial score (nSPS) is 10.4. The van der Waals surface area contributed by atoms with Crippen molar-refractivity contribution in [3.8, 4) is 5.75 Å². The monoisotopic (exact) mass is 363 g/mol. The number of carbonyl (C=O) groups excluding carboxylic acids is 2. The van der Waals surface area contributed by atoms with Crippen LogP contribution in [0.3, 0.4) is 0 Å². The molecule has 0 radical (unpaired) electrons. The van der Waals surface area contributed by atoms with Crippen LogP contribution in [-0.4, -0.2) is 11.7 Å². The van der Waals surface area contributed by atoms with Crippen LogP contribution in [0.15, 0.2) is 65.1 Å². The molecule has 0 saturated heterocycles. The van der Waals surface area contributed by atoms with E-state index < -0.39 is 0 Å². The smallest absolute Gasteiger partial charge is 0.291 e. The van der Waals surface area contributed by atoms with E-state index in [0.29, 0.717) is 17.0 Å². The van der Waals surface area contributed by atoms with Gasteiger partial charge in [-0.2, -0.15) is 0 Å². The second-order valence-corrected chi connectivity index (χ2v) is 6.14. The molecule has 0 bridgehead atoms. The van der Waals surface area contributed by atoms with Crippen molar-refractivity contribution >= 4 is 17.4 Å². The molecule has 2 aromatic carbocycles. The van der Waals surface area contributed by atoms with Gasteiger partial charge in [0, 0.05) is 11.3 Å². The molecule has 3 aromatic rings. The third-order valence-corrected chi connectivity index (χ3v) is 4.15. The Labute approximate surface area is 158 Å². The average molecular weight is 363 g/mol. The van der Waals surface area contributed by atoms with Gasteiger partial charge in [0.2, 0.25) is 0 Å². The summed E-state index contributed by atoms with van der Waals surface area (Å²) >= 11 is 0. The Balaban J connectivity index is 1.57. The lowest BCUT2D eigenvalue weighted by Gasteiger charge is -2.05. The quantitative estimate of drug-likeness (QED) is 0.608. The maximum Gasteiger partial charge on any atom is 0.291 e. The Morgan fingerprint density at radius 3 is 2.30 bits per heavy atom. The molecule has 1 N–H and O–H groups in total. The van der Waals surface area contributed by atoms with Gasteiger partial charge in [0.25, 0.3) is 5.91 Å². The molecule has 0 aliphatic rings. The van der Waals surface area contributed by atoms with Crippen LogP contribution in [0, 0.1) is 0 Å². The van der Waals surface area contributed by atoms with Gasteiger partial charge in [-0.25, -0.2) is 0 Å². The number of anilines is 1. The number of hydrogen-bond donors (Lipinski definition) is 1. The lowest BCUT2D eigenvalue weighted by atomic mass is 10.1. The van der Waals surface area contributed by atoms with E-state index in [1.54, 1.807) is 36.4 Å². The number of ketones is 1. The molecule has 0 fully saturated rings. The number of furan rings is 1. The first-order chi connectivity index (χ1) is 13.0. The van der Waals surface area contributed by atoms with Gasteiger partial charge in [-0.05, 0) is 67.4 Å². The van der Waals surface area contributed by atoms with Crippen LogP contribution in [0.4, 0.5) is 5.69 Å². The maximum absolute atomic E-state index is 12.3. The van der Waals surface area contributed by atoms with E-state index in [1.807, 2.05) is 24.3 Å². The first kappa shape index (κ1) is 18.5. The van der Waals surface area contributed by atoms with Crippen LogP contribution in [0.5, 0.6) is 5.75 Å². The van der Waals surface area contributed by atoms with Crippen LogP contribution in [0.2, 0.25) is 0 Å². The van der Waals surface area contributed by atoms with E-state index in [-0.39, 0.29) is 24.1 Å². The number of nitrogens with one attached hydrogen (secondary N) is 1. The minimum absolute atomic E-state index is 0.0205. The summed E-state index contributed by atoms with van der Waals surface area (Å²) in [6, 6.07) is 17.9. The zero-order valence-electron chi connectivity index (χ0n) is 15.3. The third-order valence-electron chi connectivity index (χ3n) is 4.15. The summed E-state index contributed by atoms with van der Waals surface area (Å²) in [5.74, 6) is 1.13. The predicted octanol–water partition coefficient (Wildman–Crippen LogP) is 4.88. The number of carbonyl (C=O) groups is 2. The summed E-state index contributed by atoms with van der Waals surface area (Å²) in [7, 11) is 0. The highest BCUT2D eigenvalue weighted by Crippen LogP contribution is 2.17. The van der Waals surface area contributed by atoms with Gasteiger partial charge in [0.1, 0.15) is 18.1 Å². The Morgan fingerprint density at radius 1 is 0.963 bits per heavy atom. The lowest BCUT2D eigenvalue weighted by molar-refractivity contribution is 0.0990. The summed E-state index contributed by atoms with van der Waals surface area (Å²) in [6.07, 6.45) is 0.981. The number of aryl methyl sites for hydroxylation is 1. The summed E-state index contributed by atoms with van der Waals surface area (Å²) in [6.45, 7) is 3.84. The SMILES string of the molecule is CCc1ccc(OCc2ccc(C(=O)Nc3ccc(C(C)=O)cc3)o2)cc1. The molecule has 5 nitrogen and oxygen atoms in total. The number of hydrogen-bond acceptors (Lipinski definition) is 4. The first-order valence-electron chi connectivity index (χ1n) is 8.78. The zero-order chi connectivity index (χ0) is 19.2. The largest absolute Gasteiger partial charge is 0.486 e. The summed E-state index contributed by atoms with van der Waals surface area (Å²) in [5.41, 5.74) is 2.43. The maximum atomic E-state index is 12.3. The minimum Gasteiger partial charge on any atom is -0.486 e. The van der Waals surface area contributed by atoms with Crippen molar-refractivity contribution in [2.75, 3.05) is 5.32 Å². The molecule has 0 atom stereocenters. The molecule has 1 amide bonds. The molecule has 3 rings (SSSR count). The van der Waals surface area contributed by atoms with Crippen LogP contribution < -0.4 is 10.1 Å². The molecule has 0 spiro atoms. The Kier molecular flexibility index (Phi) is 5.71. The average Bonchev–Trinajstić information content (AvgIpc) is 3.16. The van der Waals surface area contributed by atoms with Gasteiger partial charge in [-0.15, -0.1) is 0 Å². The molecule has 0 unspecified atom stereocenters. The number of ether oxygens (including phenoxy) is 1. The fourth-order valence-corrected chi connectivity index (χ4v) is 2.53. The van der Waals surface area contributed by atoms with Crippen molar-refractivity contribution in [2.45, 2.75) is 26.9 Å². The van der Waals surface area contributed by atoms with Gasteiger partial charge in [0.15, 0.2) is 11.5 Å². The molecule has 1 aromatic heterocycles. The van der Waals surface area contributed by atoms with Crippen molar-refractivity contribution in [1.82, 2.24) is 0 Å². The van der Waals surface area contributed by atoms with Crippen LogP contribution in [0.1, 0.15) is 46.1 Å². The molecule has 0 saturated carbocycles. The summed E-state index contributed by atoms with van der Waals surface area (Å²) in [5, 5.41) is 2.74. The highest BCUT2D eigenvalue weighted by molar-refractivity contribution is 6.02. The van der Waals surface area contributed by atoms with Crippen molar-refractivity contribution < 1.29 is 18.7 Å². The van der Waals surface area contributed by atoms with Crippen LogP contribution in [0.25, 0.3) is 0 Å². The molecule has 1 heterocycles. The van der Waals surface area contributed by atoms with Gasteiger partial charge in [0.05, 0.1) is 0 Å². The van der Waals surface area contributed by atoms with Crippen molar-refractivity contribution in [1.29, 1.82) is 0 Å². The molecular weight excluding hydrogens is 342 g/mol. The highest BCUT2D eigenvalue weighted by atomic mass is 16.5. The summed E-state index contributed by atoms with van der Waals surface area (Å²) < 4.78 is 11.2. The number of rotatable bonds is 7. The zero-order valence-corrected chi connectivity index (χ0v) is 15.3. The van der Waals surface area contributed by atoms with E-state index in [1.165, 1.54) is 12.5 Å². The third kappa shape index (κ3) is 4.85. The molecule has 0 aliphatic carbocycles. The molecule has 0 aliphatic heterocycles. The second kappa shape index (κ2) is 8.36. The Bertz CT molecular complexity index is 924. The van der Waals surface area contributed by atoms with Gasteiger partial charge < -0.3 is 14.5 Å². The van der Waals surface area contributed by atoms with E-state index in [2.05, 4.69) is 12.2 Å². The molecule has 27 heavy (non-hydrogen) atoms. The van der Waals surface area contributed by atoms with Crippen LogP contribution >= 0.6 is 0 Å². The Hall–Kier alpha value is -3.34. The molecule has 138 valence electrons. The highest BCUT2D eigenvalue weighted by Gasteiger charge is 2.12. The second-order valence-electron chi connectivity index (χ2n) is 6.14. The fourth-order valence-electron chi connectivity index (χ4n) is 2.53. The number of benzene rings is 2. The van der Waals surface area contributed by atoms with Crippen molar-refractivity contribution in [3.63, 3.8) is 0 Å². The van der Waals surface area contributed by atoms with E-state index in [4.69, 9.17) is 9.15 Å². The van der Waals surface area contributed by atoms with E-state index in [0.717, 1.165) is 12.2 Å². The molecular formula is C22H21NO4. The predicted molar refractivity (Wildman–Crippen MR) is 103 cm³/mol. The Morgan fingerprint density at radius 2 is 1.67 bits per heavy atom.